The van der Waals surface area contributed by atoms with Crippen molar-refractivity contribution in [1.29, 1.82) is 0 Å². The van der Waals surface area contributed by atoms with Gasteiger partial charge >= 0.3 is 0 Å². The summed E-state index contributed by atoms with van der Waals surface area (Å²) in [7, 11) is -3.63. The van der Waals surface area contributed by atoms with Gasteiger partial charge in [0.2, 0.25) is 10.0 Å². The van der Waals surface area contributed by atoms with Crippen molar-refractivity contribution < 1.29 is 12.8 Å². The van der Waals surface area contributed by atoms with Gasteiger partial charge in [0, 0.05) is 19.1 Å². The summed E-state index contributed by atoms with van der Waals surface area (Å²) < 4.78 is 40.1. The summed E-state index contributed by atoms with van der Waals surface area (Å²) in [5.41, 5.74) is 6.31. The van der Waals surface area contributed by atoms with Gasteiger partial charge in [0.1, 0.15) is 5.82 Å². The molecule has 0 saturated carbocycles. The van der Waals surface area contributed by atoms with Crippen molar-refractivity contribution in [3.8, 4) is 0 Å². The van der Waals surface area contributed by atoms with Gasteiger partial charge in [-0.25, -0.2) is 12.8 Å². The lowest BCUT2D eigenvalue weighted by molar-refractivity contribution is 0.243. The minimum atomic E-state index is -3.63. The highest BCUT2D eigenvalue weighted by atomic mass is 32.2. The molecule has 6 heteroatoms. The van der Waals surface area contributed by atoms with Crippen LogP contribution in [0.25, 0.3) is 0 Å². The van der Waals surface area contributed by atoms with Gasteiger partial charge < -0.3 is 5.73 Å². The SMILES string of the molecule is Cc1ccc(S(=O)(=O)N2CCC[C@@H]([C@@H](C)N)C2)cc1F. The molecule has 4 nitrogen and oxygen atoms in total. The van der Waals surface area contributed by atoms with Crippen LogP contribution in [0.3, 0.4) is 0 Å². The third-order valence-corrected chi connectivity index (χ3v) is 5.81. The molecule has 2 N–H and O–H groups in total. The third kappa shape index (κ3) is 3.02. The summed E-state index contributed by atoms with van der Waals surface area (Å²) in [6, 6.07) is 4.02. The number of nitrogens with zero attached hydrogens (tertiary/aromatic N) is 1. The molecule has 1 aromatic rings. The minimum absolute atomic E-state index is 0.0194. The lowest BCUT2D eigenvalue weighted by Crippen LogP contribution is -2.44. The first-order valence-corrected chi connectivity index (χ1v) is 8.28. The average molecular weight is 300 g/mol. The maximum absolute atomic E-state index is 13.6. The van der Waals surface area contributed by atoms with Gasteiger partial charge in [-0.3, -0.25) is 0 Å². The molecule has 0 spiro atoms. The Kier molecular flexibility index (Phi) is 4.46. The van der Waals surface area contributed by atoms with E-state index in [4.69, 9.17) is 5.73 Å². The molecule has 2 rings (SSSR count). The van der Waals surface area contributed by atoms with Crippen molar-refractivity contribution in [2.24, 2.45) is 11.7 Å². The maximum atomic E-state index is 13.6. The van der Waals surface area contributed by atoms with Crippen LogP contribution in [0.4, 0.5) is 4.39 Å². The highest BCUT2D eigenvalue weighted by Gasteiger charge is 2.31. The van der Waals surface area contributed by atoms with E-state index in [-0.39, 0.29) is 16.9 Å². The fourth-order valence-electron chi connectivity index (χ4n) is 2.50. The summed E-state index contributed by atoms with van der Waals surface area (Å²) in [5.74, 6) is -0.333. The van der Waals surface area contributed by atoms with Crippen LogP contribution in [-0.4, -0.2) is 31.9 Å². The molecule has 0 aromatic heterocycles. The second-order valence-corrected chi connectivity index (χ2v) is 7.47. The molecule has 0 aliphatic carbocycles. The van der Waals surface area contributed by atoms with Crippen LogP contribution in [0.1, 0.15) is 25.3 Å². The van der Waals surface area contributed by atoms with Gasteiger partial charge in [-0.1, -0.05) is 6.07 Å². The van der Waals surface area contributed by atoms with E-state index in [0.717, 1.165) is 18.9 Å². The first kappa shape index (κ1) is 15.4. The van der Waals surface area contributed by atoms with Crippen molar-refractivity contribution in [2.75, 3.05) is 13.1 Å². The van der Waals surface area contributed by atoms with Gasteiger partial charge in [-0.2, -0.15) is 4.31 Å². The Morgan fingerprint density at radius 2 is 2.15 bits per heavy atom. The number of rotatable bonds is 3. The Balaban J connectivity index is 2.27. The third-order valence-electron chi connectivity index (χ3n) is 3.95. The maximum Gasteiger partial charge on any atom is 0.243 e. The highest BCUT2D eigenvalue weighted by molar-refractivity contribution is 7.89. The van der Waals surface area contributed by atoms with Gasteiger partial charge in [0.15, 0.2) is 0 Å². The zero-order chi connectivity index (χ0) is 14.9. The Bertz CT molecular complexity index is 587. The van der Waals surface area contributed by atoms with E-state index in [1.165, 1.54) is 16.4 Å². The van der Waals surface area contributed by atoms with Gasteiger partial charge in [0.25, 0.3) is 0 Å². The smallest absolute Gasteiger partial charge is 0.243 e. The summed E-state index contributed by atoms with van der Waals surface area (Å²) in [4.78, 5) is 0.0194. The normalized spacial score (nSPS) is 22.7. The van der Waals surface area contributed by atoms with Crippen LogP contribution >= 0.6 is 0 Å². The first-order valence-electron chi connectivity index (χ1n) is 6.84. The van der Waals surface area contributed by atoms with E-state index >= 15 is 0 Å². The first-order chi connectivity index (χ1) is 9.32. The van der Waals surface area contributed by atoms with Gasteiger partial charge in [-0.15, -0.1) is 0 Å². The van der Waals surface area contributed by atoms with Crippen LogP contribution in [-0.2, 0) is 10.0 Å². The molecule has 0 unspecified atom stereocenters. The van der Waals surface area contributed by atoms with Gasteiger partial charge in [-0.05, 0) is 50.3 Å². The molecule has 2 atom stereocenters. The number of hydrogen-bond donors (Lipinski definition) is 1. The molecule has 20 heavy (non-hydrogen) atoms. The summed E-state index contributed by atoms with van der Waals surface area (Å²) in [6.45, 7) is 4.39. The van der Waals surface area contributed by atoms with E-state index < -0.39 is 15.8 Å². The fraction of sp³-hybridized carbons (Fsp3) is 0.571. The molecule has 1 aliphatic rings. The van der Waals surface area contributed by atoms with Crippen molar-refractivity contribution in [1.82, 2.24) is 4.31 Å². The van der Waals surface area contributed by atoms with E-state index in [1.54, 1.807) is 6.92 Å². The zero-order valence-corrected chi connectivity index (χ0v) is 12.7. The molecule has 0 bridgehead atoms. The summed E-state index contributed by atoms with van der Waals surface area (Å²) in [5, 5.41) is 0. The Morgan fingerprint density at radius 3 is 2.75 bits per heavy atom. The summed E-state index contributed by atoms with van der Waals surface area (Å²) in [6.07, 6.45) is 1.73. The Morgan fingerprint density at radius 1 is 1.45 bits per heavy atom. The second-order valence-electron chi connectivity index (χ2n) is 5.54. The molecule has 0 amide bonds. The van der Waals surface area contributed by atoms with E-state index in [2.05, 4.69) is 0 Å². The molecule has 0 radical (unpaired) electrons. The number of halogens is 1. The number of aryl methyl sites for hydroxylation is 1. The Labute approximate surface area is 119 Å². The van der Waals surface area contributed by atoms with E-state index in [0.29, 0.717) is 18.7 Å². The van der Waals surface area contributed by atoms with Crippen LogP contribution in [0, 0.1) is 18.7 Å². The quantitative estimate of drug-likeness (QED) is 0.927. The highest BCUT2D eigenvalue weighted by Crippen LogP contribution is 2.25. The van der Waals surface area contributed by atoms with E-state index in [9.17, 15) is 12.8 Å². The van der Waals surface area contributed by atoms with Crippen molar-refractivity contribution in [3.63, 3.8) is 0 Å². The zero-order valence-electron chi connectivity index (χ0n) is 11.8. The predicted molar refractivity (Wildman–Crippen MR) is 76.3 cm³/mol. The van der Waals surface area contributed by atoms with Crippen molar-refractivity contribution in [2.45, 2.75) is 37.6 Å². The number of piperidine rings is 1. The molecule has 1 aromatic carbocycles. The molecular formula is C14H21FN2O2S. The number of sulfonamides is 1. The molecular weight excluding hydrogens is 279 g/mol. The monoisotopic (exact) mass is 300 g/mol. The largest absolute Gasteiger partial charge is 0.328 e. The van der Waals surface area contributed by atoms with E-state index in [1.807, 2.05) is 6.92 Å². The lowest BCUT2D eigenvalue weighted by atomic mass is 9.93. The topological polar surface area (TPSA) is 63.4 Å². The van der Waals surface area contributed by atoms with Crippen molar-refractivity contribution in [3.05, 3.63) is 29.6 Å². The number of hydrogen-bond acceptors (Lipinski definition) is 3. The minimum Gasteiger partial charge on any atom is -0.328 e. The molecule has 1 heterocycles. The fourth-order valence-corrected chi connectivity index (χ4v) is 4.05. The molecule has 112 valence electrons. The lowest BCUT2D eigenvalue weighted by Gasteiger charge is -2.33. The number of nitrogens with two attached hydrogens (primary N) is 1. The number of benzene rings is 1. The van der Waals surface area contributed by atoms with Crippen LogP contribution < -0.4 is 5.73 Å². The van der Waals surface area contributed by atoms with Crippen LogP contribution in [0.2, 0.25) is 0 Å². The van der Waals surface area contributed by atoms with Crippen LogP contribution in [0.15, 0.2) is 23.1 Å². The Hall–Kier alpha value is -0.980. The molecule has 1 aliphatic heterocycles. The standard InChI is InChI=1S/C14H21FN2O2S/c1-10-5-6-13(8-14(10)15)20(18,19)17-7-3-4-12(9-17)11(2)16/h5-6,8,11-12H,3-4,7,9,16H2,1-2H3/t11-,12-/m1/s1. The summed E-state index contributed by atoms with van der Waals surface area (Å²) >= 11 is 0. The second kappa shape index (κ2) is 5.79. The molecule has 1 saturated heterocycles. The molecule has 1 fully saturated rings. The van der Waals surface area contributed by atoms with Crippen molar-refractivity contribution >= 4 is 10.0 Å². The predicted octanol–water partition coefficient (Wildman–Crippen LogP) is 1.88. The van der Waals surface area contributed by atoms with Gasteiger partial charge in [0.05, 0.1) is 4.90 Å². The van der Waals surface area contributed by atoms with Crippen LogP contribution in [0.5, 0.6) is 0 Å². The average Bonchev–Trinajstić information content (AvgIpc) is 2.42.